The molecule has 0 aromatic rings. The first-order chi connectivity index (χ1) is 16.8. The Morgan fingerprint density at radius 2 is 1.62 bits per heavy atom. The minimum absolute atomic E-state index is 0.104. The molecule has 1 saturated heterocycles. The van der Waals surface area contributed by atoms with Gasteiger partial charge in [-0.2, -0.15) is 18.4 Å². The Morgan fingerprint density at radius 3 is 2.05 bits per heavy atom. The van der Waals surface area contributed by atoms with E-state index >= 15 is 0 Å². The van der Waals surface area contributed by atoms with Crippen LogP contribution in [-0.4, -0.2) is 53.5 Å². The van der Waals surface area contributed by atoms with Gasteiger partial charge >= 0.3 is 12.1 Å². The van der Waals surface area contributed by atoms with Crippen molar-refractivity contribution in [2.75, 3.05) is 0 Å². The molecule has 1 saturated carbocycles. The van der Waals surface area contributed by atoms with Crippen LogP contribution in [0.25, 0.3) is 0 Å². The van der Waals surface area contributed by atoms with Crippen LogP contribution in [0.5, 0.6) is 0 Å². The molecule has 2 aliphatic rings. The predicted octanol–water partition coefficient (Wildman–Crippen LogP) is 2.46. The number of rotatable bonds is 8. The summed E-state index contributed by atoms with van der Waals surface area (Å²) in [6.07, 6.45) is -1.67. The molecule has 9 nitrogen and oxygen atoms in total. The Kier molecular flexibility index (Phi) is 8.93. The number of carbonyl (C=O) groups is 4. The van der Waals surface area contributed by atoms with E-state index in [1.54, 1.807) is 5.32 Å². The van der Waals surface area contributed by atoms with Gasteiger partial charge in [-0.1, -0.05) is 41.5 Å². The lowest BCUT2D eigenvalue weighted by molar-refractivity contribution is -0.175. The molecule has 1 spiro atoms. The van der Waals surface area contributed by atoms with E-state index in [2.05, 4.69) is 16.0 Å². The lowest BCUT2D eigenvalue weighted by Crippen LogP contribution is -2.60. The maximum Gasteiger partial charge on any atom is 0.471 e. The van der Waals surface area contributed by atoms with Crippen molar-refractivity contribution >= 4 is 23.6 Å². The van der Waals surface area contributed by atoms with Crippen LogP contribution in [0, 0.1) is 28.1 Å². The lowest BCUT2D eigenvalue weighted by Gasteiger charge is -2.34. The number of hydrogen-bond acceptors (Lipinski definition) is 5. The van der Waals surface area contributed by atoms with Crippen molar-refractivity contribution in [3.8, 4) is 6.07 Å². The Morgan fingerprint density at radius 1 is 1.03 bits per heavy atom. The van der Waals surface area contributed by atoms with Crippen LogP contribution < -0.4 is 21.3 Å². The van der Waals surface area contributed by atoms with Gasteiger partial charge in [0.25, 0.3) is 0 Å². The minimum Gasteiger partial charge on any atom is -0.350 e. The molecule has 1 aliphatic carbocycles. The normalized spacial score (nSPS) is 21.6. The summed E-state index contributed by atoms with van der Waals surface area (Å²) in [5.41, 5.74) is -1.69. The van der Waals surface area contributed by atoms with E-state index in [0.29, 0.717) is 6.42 Å². The van der Waals surface area contributed by atoms with Crippen LogP contribution in [0.2, 0.25) is 0 Å². The Hall–Kier alpha value is -2.84. The first-order valence-corrected chi connectivity index (χ1v) is 12.5. The molecular weight excluding hydrogens is 491 g/mol. The summed E-state index contributed by atoms with van der Waals surface area (Å²) in [5, 5.41) is 19.4. The van der Waals surface area contributed by atoms with Crippen LogP contribution in [0.3, 0.4) is 0 Å². The van der Waals surface area contributed by atoms with Gasteiger partial charge in [-0.15, -0.1) is 0 Å². The van der Waals surface area contributed by atoms with Crippen molar-refractivity contribution in [1.29, 1.82) is 5.26 Å². The molecule has 4 unspecified atom stereocenters. The van der Waals surface area contributed by atoms with Crippen molar-refractivity contribution in [2.45, 2.75) is 110 Å². The summed E-state index contributed by atoms with van der Waals surface area (Å²) >= 11 is 0. The molecule has 2 fully saturated rings. The molecule has 0 aromatic carbocycles. The maximum absolute atomic E-state index is 13.2. The maximum atomic E-state index is 13.2. The van der Waals surface area contributed by atoms with E-state index in [0.717, 1.165) is 19.3 Å². The highest BCUT2D eigenvalue weighted by Gasteiger charge is 2.48. The molecule has 0 radical (unpaired) electrons. The molecule has 4 N–H and O–H groups in total. The van der Waals surface area contributed by atoms with Crippen molar-refractivity contribution in [1.82, 2.24) is 21.3 Å². The third-order valence-electron chi connectivity index (χ3n) is 6.69. The summed E-state index contributed by atoms with van der Waals surface area (Å²) in [7, 11) is 0. The van der Waals surface area contributed by atoms with Crippen LogP contribution in [0.4, 0.5) is 13.2 Å². The van der Waals surface area contributed by atoms with Crippen molar-refractivity contribution < 1.29 is 32.3 Å². The Bertz CT molecular complexity index is 942. The second-order valence-electron chi connectivity index (χ2n) is 12.5. The summed E-state index contributed by atoms with van der Waals surface area (Å²) in [4.78, 5) is 50.2. The van der Waals surface area contributed by atoms with Crippen molar-refractivity contribution in [3.05, 3.63) is 0 Å². The number of piperidine rings is 1. The van der Waals surface area contributed by atoms with Crippen LogP contribution in [0.1, 0.15) is 80.1 Å². The molecular formula is C25H38F3N5O4. The zero-order valence-electron chi connectivity index (χ0n) is 22.3. The molecule has 4 atom stereocenters. The summed E-state index contributed by atoms with van der Waals surface area (Å²) in [6, 6.07) is -1.78. The van der Waals surface area contributed by atoms with Gasteiger partial charge in [0.2, 0.25) is 17.7 Å². The molecule has 0 bridgehead atoms. The Labute approximate surface area is 215 Å². The van der Waals surface area contributed by atoms with Gasteiger partial charge in [-0.3, -0.25) is 19.2 Å². The average molecular weight is 530 g/mol. The second kappa shape index (κ2) is 10.9. The van der Waals surface area contributed by atoms with Gasteiger partial charge in [-0.25, -0.2) is 0 Å². The molecule has 0 aromatic heterocycles. The van der Waals surface area contributed by atoms with E-state index in [1.807, 2.05) is 26.8 Å². The average Bonchev–Trinajstić information content (AvgIpc) is 3.48. The number of nitriles is 1. The number of amides is 4. The molecule has 208 valence electrons. The molecule has 1 heterocycles. The minimum atomic E-state index is -5.18. The van der Waals surface area contributed by atoms with Crippen LogP contribution in [-0.2, 0) is 19.2 Å². The van der Waals surface area contributed by atoms with Gasteiger partial charge in [-0.05, 0) is 49.4 Å². The van der Waals surface area contributed by atoms with E-state index in [9.17, 15) is 37.6 Å². The van der Waals surface area contributed by atoms with E-state index in [1.165, 1.54) is 20.8 Å². The van der Waals surface area contributed by atoms with Gasteiger partial charge in [0.05, 0.1) is 6.07 Å². The Balaban J connectivity index is 2.13. The number of carbonyl (C=O) groups excluding carboxylic acids is 4. The first kappa shape index (κ1) is 30.4. The monoisotopic (exact) mass is 529 g/mol. The predicted molar refractivity (Wildman–Crippen MR) is 128 cm³/mol. The van der Waals surface area contributed by atoms with Gasteiger partial charge in [0.1, 0.15) is 18.1 Å². The van der Waals surface area contributed by atoms with E-state index < -0.39 is 58.8 Å². The first-order valence-electron chi connectivity index (χ1n) is 12.5. The summed E-state index contributed by atoms with van der Waals surface area (Å²) in [5.74, 6) is -4.49. The van der Waals surface area contributed by atoms with Crippen molar-refractivity contribution in [3.63, 3.8) is 0 Å². The highest BCUT2D eigenvalue weighted by Crippen LogP contribution is 2.44. The molecule has 37 heavy (non-hydrogen) atoms. The fraction of sp³-hybridized carbons (Fsp3) is 0.800. The number of alkyl halides is 3. The fourth-order valence-corrected chi connectivity index (χ4v) is 4.42. The smallest absolute Gasteiger partial charge is 0.350 e. The van der Waals surface area contributed by atoms with Crippen LogP contribution >= 0.6 is 0 Å². The second-order valence-corrected chi connectivity index (χ2v) is 12.5. The van der Waals surface area contributed by atoms with Crippen LogP contribution in [0.15, 0.2) is 0 Å². The highest BCUT2D eigenvalue weighted by molar-refractivity contribution is 5.93. The summed E-state index contributed by atoms with van der Waals surface area (Å²) in [6.45, 7) is 9.90. The SMILES string of the molecule is CC(C)(C)CC(NC(=O)C(NC(=O)C(F)(F)F)C(C)(C)C)C(=O)NC(C#N)CC1CCC2(CC2)NC1=O. The fourth-order valence-electron chi connectivity index (χ4n) is 4.42. The molecule has 4 amide bonds. The number of hydrogen-bond donors (Lipinski definition) is 4. The topological polar surface area (TPSA) is 140 Å². The molecule has 1 aliphatic heterocycles. The number of nitrogens with one attached hydrogen (secondary N) is 4. The zero-order valence-corrected chi connectivity index (χ0v) is 22.3. The lowest BCUT2D eigenvalue weighted by atomic mass is 9.84. The highest BCUT2D eigenvalue weighted by atomic mass is 19.4. The molecule has 12 heteroatoms. The number of nitrogens with zero attached hydrogens (tertiary/aromatic N) is 1. The van der Waals surface area contributed by atoms with Gasteiger partial charge < -0.3 is 21.3 Å². The van der Waals surface area contributed by atoms with E-state index in [4.69, 9.17) is 0 Å². The third-order valence-corrected chi connectivity index (χ3v) is 6.69. The molecule has 2 rings (SSSR count). The van der Waals surface area contributed by atoms with Gasteiger partial charge in [0.15, 0.2) is 0 Å². The summed E-state index contributed by atoms with van der Waals surface area (Å²) < 4.78 is 38.6. The van der Waals surface area contributed by atoms with E-state index in [-0.39, 0.29) is 24.3 Å². The largest absolute Gasteiger partial charge is 0.471 e. The standard InChI is InChI=1S/C25H38F3N5O4/c1-22(2,3)12-16(31-20(36)17(23(4,5)6)32-21(37)25(26,27)28)19(35)30-15(13-29)11-14-7-8-24(9-10-24)33-18(14)34/h14-17H,7-12H2,1-6H3,(H,30,35)(H,31,36)(H,32,37)(H,33,34). The third kappa shape index (κ3) is 8.90. The number of halogens is 3. The van der Waals surface area contributed by atoms with Crippen molar-refractivity contribution in [2.24, 2.45) is 16.7 Å². The zero-order chi connectivity index (χ0) is 28.4. The quantitative estimate of drug-likeness (QED) is 0.382. The van der Waals surface area contributed by atoms with Gasteiger partial charge in [0, 0.05) is 11.5 Å².